The van der Waals surface area contributed by atoms with E-state index < -0.39 is 0 Å². The number of rotatable bonds is 3. The lowest BCUT2D eigenvalue weighted by Gasteiger charge is -2.05. The number of aryl methyl sites for hydroxylation is 1. The molecule has 90 valence electrons. The van der Waals surface area contributed by atoms with Gasteiger partial charge in [-0.3, -0.25) is 0 Å². The standard InChI is InChI=1S/C11H14N4O2/c1-15-11(12)13-10(14-15)7-4-8(16-2)6-9(5-7)17-3/h4-6H,1-3H3,(H2,12,13,14). The third-order valence-corrected chi connectivity index (χ3v) is 2.41. The molecular formula is C11H14N4O2. The number of hydrogen-bond donors (Lipinski definition) is 1. The number of aromatic nitrogens is 3. The van der Waals surface area contributed by atoms with Crippen molar-refractivity contribution in [3.63, 3.8) is 0 Å². The molecule has 1 aromatic heterocycles. The normalized spacial score (nSPS) is 10.3. The van der Waals surface area contributed by atoms with Crippen LogP contribution in [0.4, 0.5) is 5.95 Å². The third kappa shape index (κ3) is 2.15. The van der Waals surface area contributed by atoms with Gasteiger partial charge in [0.15, 0.2) is 5.82 Å². The lowest BCUT2D eigenvalue weighted by molar-refractivity contribution is 0.394. The smallest absolute Gasteiger partial charge is 0.218 e. The molecule has 0 aliphatic carbocycles. The Balaban J connectivity index is 2.50. The van der Waals surface area contributed by atoms with E-state index in [1.54, 1.807) is 27.3 Å². The Bertz CT molecular complexity index is 495. The van der Waals surface area contributed by atoms with Crippen LogP contribution in [0.1, 0.15) is 0 Å². The highest BCUT2D eigenvalue weighted by atomic mass is 16.5. The molecule has 2 aromatic rings. The molecule has 0 unspecified atom stereocenters. The fourth-order valence-corrected chi connectivity index (χ4v) is 1.46. The molecule has 6 heteroatoms. The molecule has 2 rings (SSSR count). The quantitative estimate of drug-likeness (QED) is 0.860. The maximum Gasteiger partial charge on any atom is 0.218 e. The molecule has 0 fully saturated rings. The van der Waals surface area contributed by atoms with E-state index in [-0.39, 0.29) is 0 Å². The van der Waals surface area contributed by atoms with Crippen molar-refractivity contribution in [1.82, 2.24) is 14.8 Å². The van der Waals surface area contributed by atoms with E-state index in [0.717, 1.165) is 5.56 Å². The highest BCUT2D eigenvalue weighted by Gasteiger charge is 2.10. The van der Waals surface area contributed by atoms with Gasteiger partial charge in [0.1, 0.15) is 11.5 Å². The number of methoxy groups -OCH3 is 2. The van der Waals surface area contributed by atoms with Crippen molar-refractivity contribution < 1.29 is 9.47 Å². The van der Waals surface area contributed by atoms with Gasteiger partial charge in [-0.25, -0.2) is 4.68 Å². The molecule has 0 saturated heterocycles. The van der Waals surface area contributed by atoms with E-state index >= 15 is 0 Å². The Hall–Kier alpha value is -2.24. The van der Waals surface area contributed by atoms with Crippen LogP contribution < -0.4 is 15.2 Å². The summed E-state index contributed by atoms with van der Waals surface area (Å²) in [5.74, 6) is 2.28. The summed E-state index contributed by atoms with van der Waals surface area (Å²) >= 11 is 0. The van der Waals surface area contributed by atoms with Gasteiger partial charge in [0.25, 0.3) is 0 Å². The zero-order valence-corrected chi connectivity index (χ0v) is 9.97. The fourth-order valence-electron chi connectivity index (χ4n) is 1.46. The molecule has 0 aliphatic heterocycles. The summed E-state index contributed by atoms with van der Waals surface area (Å²) in [4.78, 5) is 4.15. The van der Waals surface area contributed by atoms with Crippen LogP contribution in [0, 0.1) is 0 Å². The van der Waals surface area contributed by atoms with Crippen LogP contribution in [0.15, 0.2) is 18.2 Å². The highest BCUT2D eigenvalue weighted by Crippen LogP contribution is 2.28. The maximum absolute atomic E-state index is 5.65. The molecule has 0 aliphatic rings. The second-order valence-corrected chi connectivity index (χ2v) is 3.52. The van der Waals surface area contributed by atoms with Crippen LogP contribution in [0.5, 0.6) is 11.5 Å². The molecule has 0 bridgehead atoms. The Morgan fingerprint density at radius 1 is 1.12 bits per heavy atom. The van der Waals surface area contributed by atoms with Crippen molar-refractivity contribution in [2.75, 3.05) is 20.0 Å². The topological polar surface area (TPSA) is 75.2 Å². The van der Waals surface area contributed by atoms with Gasteiger partial charge in [-0.15, -0.1) is 5.10 Å². The minimum atomic E-state index is 0.363. The second-order valence-electron chi connectivity index (χ2n) is 3.52. The summed E-state index contributed by atoms with van der Waals surface area (Å²) in [6.45, 7) is 0. The van der Waals surface area contributed by atoms with Crippen LogP contribution >= 0.6 is 0 Å². The lowest BCUT2D eigenvalue weighted by atomic mass is 10.2. The zero-order valence-electron chi connectivity index (χ0n) is 9.97. The van der Waals surface area contributed by atoms with Gasteiger partial charge in [-0.2, -0.15) is 4.98 Å². The molecule has 17 heavy (non-hydrogen) atoms. The molecule has 0 atom stereocenters. The predicted molar refractivity (Wildman–Crippen MR) is 64.0 cm³/mol. The van der Waals surface area contributed by atoms with Gasteiger partial charge in [0.05, 0.1) is 14.2 Å². The summed E-state index contributed by atoms with van der Waals surface area (Å²) in [5, 5.41) is 4.20. The van der Waals surface area contributed by atoms with Crippen LogP contribution in [0.2, 0.25) is 0 Å². The van der Waals surface area contributed by atoms with Crippen LogP contribution in [-0.2, 0) is 7.05 Å². The first-order chi connectivity index (χ1) is 8.13. The Morgan fingerprint density at radius 3 is 2.12 bits per heavy atom. The van der Waals surface area contributed by atoms with Crippen molar-refractivity contribution in [3.8, 4) is 22.9 Å². The summed E-state index contributed by atoms with van der Waals surface area (Å²) in [6, 6.07) is 5.45. The molecule has 0 amide bonds. The average molecular weight is 234 g/mol. The van der Waals surface area contributed by atoms with Crippen molar-refractivity contribution in [2.45, 2.75) is 0 Å². The number of nitrogens with two attached hydrogens (primary N) is 1. The van der Waals surface area contributed by atoms with E-state index in [1.165, 1.54) is 4.68 Å². The van der Waals surface area contributed by atoms with Gasteiger partial charge >= 0.3 is 0 Å². The van der Waals surface area contributed by atoms with E-state index in [0.29, 0.717) is 23.3 Å². The van der Waals surface area contributed by atoms with Gasteiger partial charge in [-0.1, -0.05) is 0 Å². The lowest BCUT2D eigenvalue weighted by Crippen LogP contribution is -1.97. The van der Waals surface area contributed by atoms with E-state index in [1.807, 2.05) is 12.1 Å². The summed E-state index contributed by atoms with van der Waals surface area (Å²) in [5.41, 5.74) is 6.45. The highest BCUT2D eigenvalue weighted by molar-refractivity contribution is 5.61. The van der Waals surface area contributed by atoms with Crippen molar-refractivity contribution in [3.05, 3.63) is 18.2 Å². The minimum Gasteiger partial charge on any atom is -0.497 e. The van der Waals surface area contributed by atoms with Crippen molar-refractivity contribution >= 4 is 5.95 Å². The SMILES string of the molecule is COc1cc(OC)cc(-c2nc(N)n(C)n2)c1. The number of hydrogen-bond acceptors (Lipinski definition) is 5. The number of benzene rings is 1. The monoisotopic (exact) mass is 234 g/mol. The predicted octanol–water partition coefficient (Wildman–Crippen LogP) is 1.08. The number of nitrogen functional groups attached to an aromatic ring is 1. The van der Waals surface area contributed by atoms with E-state index in [2.05, 4.69) is 10.1 Å². The van der Waals surface area contributed by atoms with Gasteiger partial charge in [0, 0.05) is 18.7 Å². The number of ether oxygens (including phenoxy) is 2. The molecular weight excluding hydrogens is 220 g/mol. The van der Waals surface area contributed by atoms with Crippen LogP contribution in [0.3, 0.4) is 0 Å². The summed E-state index contributed by atoms with van der Waals surface area (Å²) in [7, 11) is 4.93. The summed E-state index contributed by atoms with van der Waals surface area (Å²) in [6.07, 6.45) is 0. The molecule has 1 aromatic carbocycles. The largest absolute Gasteiger partial charge is 0.497 e. The molecule has 0 saturated carbocycles. The Kier molecular flexibility index (Phi) is 2.86. The molecule has 0 radical (unpaired) electrons. The zero-order chi connectivity index (χ0) is 12.4. The van der Waals surface area contributed by atoms with Crippen LogP contribution in [-0.4, -0.2) is 29.0 Å². The maximum atomic E-state index is 5.65. The molecule has 1 heterocycles. The average Bonchev–Trinajstić information content (AvgIpc) is 2.69. The first-order valence-corrected chi connectivity index (χ1v) is 5.04. The molecule has 6 nitrogen and oxygen atoms in total. The molecule has 2 N–H and O–H groups in total. The summed E-state index contributed by atoms with van der Waals surface area (Å²) < 4.78 is 11.9. The Morgan fingerprint density at radius 2 is 1.71 bits per heavy atom. The molecule has 0 spiro atoms. The third-order valence-electron chi connectivity index (χ3n) is 2.41. The van der Waals surface area contributed by atoms with Crippen molar-refractivity contribution in [1.29, 1.82) is 0 Å². The minimum absolute atomic E-state index is 0.363. The Labute approximate surface area is 99.0 Å². The van der Waals surface area contributed by atoms with Gasteiger partial charge < -0.3 is 15.2 Å². The first kappa shape index (κ1) is 11.3. The van der Waals surface area contributed by atoms with Gasteiger partial charge in [-0.05, 0) is 12.1 Å². The van der Waals surface area contributed by atoms with Crippen LogP contribution in [0.25, 0.3) is 11.4 Å². The van der Waals surface area contributed by atoms with Crippen molar-refractivity contribution in [2.24, 2.45) is 7.05 Å². The van der Waals surface area contributed by atoms with Gasteiger partial charge in [0.2, 0.25) is 5.95 Å². The second kappa shape index (κ2) is 4.32. The number of anilines is 1. The van der Waals surface area contributed by atoms with E-state index in [9.17, 15) is 0 Å². The fraction of sp³-hybridized carbons (Fsp3) is 0.273. The first-order valence-electron chi connectivity index (χ1n) is 5.04. The number of nitrogens with zero attached hydrogens (tertiary/aromatic N) is 3. The van der Waals surface area contributed by atoms with E-state index in [4.69, 9.17) is 15.2 Å².